The Bertz CT molecular complexity index is 1040. The fraction of sp³-hybridized carbons (Fsp3) is 0.471. The van der Waals surface area contributed by atoms with Crippen molar-refractivity contribution in [2.45, 2.75) is 32.4 Å². The first-order valence-corrected chi connectivity index (χ1v) is 8.69. The smallest absolute Gasteiger partial charge is 0.263 e. The molecule has 1 fully saturated rings. The van der Waals surface area contributed by atoms with Crippen LogP contribution in [0, 0.1) is 0 Å². The molecule has 1 aliphatic heterocycles. The van der Waals surface area contributed by atoms with Crippen LogP contribution in [-0.4, -0.2) is 48.3 Å². The first kappa shape index (κ1) is 16.6. The number of aliphatic hydroxyl groups is 1. The standard InChI is InChI=1S/C17H23N7O2/c1-4-23-8-10(14-13(16(23)25)15(18)20-19-14)11-7-12(22(3)21-11)24-6-5-17(2,26)9-24/h7-8,26H,4-6,9H2,1-3H3,(H3,18,19,20). The van der Waals surface area contributed by atoms with Crippen molar-refractivity contribution in [2.75, 3.05) is 23.7 Å². The summed E-state index contributed by atoms with van der Waals surface area (Å²) in [4.78, 5) is 14.7. The molecule has 0 bridgehead atoms. The number of rotatable bonds is 3. The molecule has 4 N–H and O–H groups in total. The summed E-state index contributed by atoms with van der Waals surface area (Å²) in [5.74, 6) is 1.12. The minimum atomic E-state index is -0.690. The molecule has 1 saturated heterocycles. The number of aryl methyl sites for hydroxylation is 2. The summed E-state index contributed by atoms with van der Waals surface area (Å²) >= 11 is 0. The molecule has 1 atom stereocenters. The van der Waals surface area contributed by atoms with Crippen molar-refractivity contribution >= 4 is 22.5 Å². The van der Waals surface area contributed by atoms with Crippen LogP contribution >= 0.6 is 0 Å². The van der Waals surface area contributed by atoms with Gasteiger partial charge in [-0.3, -0.25) is 14.6 Å². The molecule has 138 valence electrons. The molecule has 1 unspecified atom stereocenters. The molecular formula is C17H23N7O2. The summed E-state index contributed by atoms with van der Waals surface area (Å²) in [5.41, 5.74) is 7.14. The Hall–Kier alpha value is -2.81. The van der Waals surface area contributed by atoms with Gasteiger partial charge < -0.3 is 20.3 Å². The molecule has 26 heavy (non-hydrogen) atoms. The molecular weight excluding hydrogens is 334 g/mol. The Morgan fingerprint density at radius 1 is 1.46 bits per heavy atom. The SMILES string of the molecule is CCn1cc(-c2cc(N3CCC(C)(O)C3)n(C)n2)c2[nH]nc(N)c2c1=O. The van der Waals surface area contributed by atoms with E-state index in [0.29, 0.717) is 24.0 Å². The van der Waals surface area contributed by atoms with Gasteiger partial charge in [-0.1, -0.05) is 0 Å². The van der Waals surface area contributed by atoms with E-state index in [2.05, 4.69) is 20.2 Å². The van der Waals surface area contributed by atoms with Gasteiger partial charge in [-0.15, -0.1) is 0 Å². The maximum Gasteiger partial charge on any atom is 0.263 e. The number of anilines is 2. The third-order valence-corrected chi connectivity index (χ3v) is 5.07. The molecule has 9 nitrogen and oxygen atoms in total. The van der Waals surface area contributed by atoms with Crippen molar-refractivity contribution in [3.05, 3.63) is 22.6 Å². The van der Waals surface area contributed by atoms with E-state index in [0.717, 1.165) is 30.0 Å². The normalized spacial score (nSPS) is 20.4. The van der Waals surface area contributed by atoms with Crippen LogP contribution in [0.1, 0.15) is 20.3 Å². The first-order valence-electron chi connectivity index (χ1n) is 8.69. The molecule has 0 aromatic carbocycles. The molecule has 4 rings (SSSR count). The Morgan fingerprint density at radius 2 is 2.23 bits per heavy atom. The lowest BCUT2D eigenvalue weighted by atomic mass is 10.1. The number of hydrogen-bond donors (Lipinski definition) is 3. The number of hydrogen-bond acceptors (Lipinski definition) is 6. The second-order valence-corrected chi connectivity index (χ2v) is 7.17. The monoisotopic (exact) mass is 357 g/mol. The highest BCUT2D eigenvalue weighted by Gasteiger charge is 2.33. The van der Waals surface area contributed by atoms with Crippen molar-refractivity contribution in [2.24, 2.45) is 7.05 Å². The molecule has 1 aliphatic rings. The zero-order valence-electron chi connectivity index (χ0n) is 15.2. The van der Waals surface area contributed by atoms with E-state index in [9.17, 15) is 9.90 Å². The quantitative estimate of drug-likeness (QED) is 0.635. The summed E-state index contributed by atoms with van der Waals surface area (Å²) < 4.78 is 3.40. The van der Waals surface area contributed by atoms with Crippen LogP contribution in [-0.2, 0) is 13.6 Å². The van der Waals surface area contributed by atoms with Crippen LogP contribution in [0.2, 0.25) is 0 Å². The van der Waals surface area contributed by atoms with Crippen LogP contribution in [0.4, 0.5) is 11.6 Å². The number of nitrogens with zero attached hydrogens (tertiary/aromatic N) is 5. The van der Waals surface area contributed by atoms with Gasteiger partial charge in [-0.25, -0.2) is 0 Å². The number of nitrogen functional groups attached to an aromatic ring is 1. The van der Waals surface area contributed by atoms with Crippen LogP contribution in [0.15, 0.2) is 17.1 Å². The van der Waals surface area contributed by atoms with Gasteiger partial charge in [0.2, 0.25) is 0 Å². The average Bonchev–Trinajstić information content (AvgIpc) is 3.25. The summed E-state index contributed by atoms with van der Waals surface area (Å²) in [6, 6.07) is 1.97. The fourth-order valence-corrected chi connectivity index (χ4v) is 3.64. The molecule has 0 saturated carbocycles. The van der Waals surface area contributed by atoms with Gasteiger partial charge in [-0.2, -0.15) is 10.2 Å². The molecule has 9 heteroatoms. The molecule has 0 spiro atoms. The third kappa shape index (κ3) is 2.47. The van der Waals surface area contributed by atoms with Crippen molar-refractivity contribution in [1.29, 1.82) is 0 Å². The molecule has 0 aliphatic carbocycles. The van der Waals surface area contributed by atoms with Crippen molar-refractivity contribution in [3.8, 4) is 11.3 Å². The van der Waals surface area contributed by atoms with Crippen molar-refractivity contribution < 1.29 is 5.11 Å². The van der Waals surface area contributed by atoms with Gasteiger partial charge in [0.25, 0.3) is 5.56 Å². The molecule has 0 radical (unpaired) electrons. The summed E-state index contributed by atoms with van der Waals surface area (Å²) in [7, 11) is 1.88. The van der Waals surface area contributed by atoms with Gasteiger partial charge >= 0.3 is 0 Å². The number of pyridine rings is 1. The predicted octanol–water partition coefficient (Wildman–Crippen LogP) is 0.688. The van der Waals surface area contributed by atoms with Crippen LogP contribution in [0.25, 0.3) is 22.2 Å². The highest BCUT2D eigenvalue weighted by atomic mass is 16.3. The Labute approximate surface area is 150 Å². The minimum Gasteiger partial charge on any atom is -0.388 e. The molecule has 3 aromatic heterocycles. The minimum absolute atomic E-state index is 0.163. The lowest BCUT2D eigenvalue weighted by Gasteiger charge is -2.20. The van der Waals surface area contributed by atoms with Gasteiger partial charge in [-0.05, 0) is 20.3 Å². The third-order valence-electron chi connectivity index (χ3n) is 5.07. The summed E-state index contributed by atoms with van der Waals surface area (Å²) in [6.07, 6.45) is 2.50. The average molecular weight is 357 g/mol. The van der Waals surface area contributed by atoms with Gasteiger partial charge in [0, 0.05) is 44.5 Å². The first-order chi connectivity index (χ1) is 12.3. The van der Waals surface area contributed by atoms with Crippen LogP contribution in [0.5, 0.6) is 0 Å². The van der Waals surface area contributed by atoms with E-state index in [-0.39, 0.29) is 11.4 Å². The van der Waals surface area contributed by atoms with E-state index >= 15 is 0 Å². The van der Waals surface area contributed by atoms with E-state index < -0.39 is 5.60 Å². The predicted molar refractivity (Wildman–Crippen MR) is 100 cm³/mol. The largest absolute Gasteiger partial charge is 0.388 e. The maximum absolute atomic E-state index is 12.5. The second kappa shape index (κ2) is 5.60. The number of aromatic nitrogens is 5. The van der Waals surface area contributed by atoms with E-state index in [4.69, 9.17) is 5.73 Å². The topological polar surface area (TPSA) is 118 Å². The van der Waals surface area contributed by atoms with E-state index in [1.54, 1.807) is 15.4 Å². The number of nitrogens with one attached hydrogen (secondary N) is 1. The molecule has 3 aromatic rings. The van der Waals surface area contributed by atoms with Crippen molar-refractivity contribution in [1.82, 2.24) is 24.5 Å². The highest BCUT2D eigenvalue weighted by Crippen LogP contribution is 2.32. The lowest BCUT2D eigenvalue weighted by molar-refractivity contribution is 0.0838. The fourth-order valence-electron chi connectivity index (χ4n) is 3.64. The van der Waals surface area contributed by atoms with Crippen LogP contribution in [0.3, 0.4) is 0 Å². The number of aromatic amines is 1. The van der Waals surface area contributed by atoms with Gasteiger partial charge in [0.1, 0.15) is 11.2 Å². The second-order valence-electron chi connectivity index (χ2n) is 7.17. The Morgan fingerprint density at radius 3 is 2.88 bits per heavy atom. The maximum atomic E-state index is 12.5. The number of H-pyrrole nitrogens is 1. The molecule has 0 amide bonds. The lowest BCUT2D eigenvalue weighted by Crippen LogP contribution is -2.30. The Balaban J connectivity index is 1.86. The number of fused-ring (bicyclic) bond motifs is 1. The number of β-amino-alcohol motifs (C(OH)–C–C–N with tert-alkyl or cyclic N) is 1. The van der Waals surface area contributed by atoms with Gasteiger partial charge in [0.15, 0.2) is 5.82 Å². The van der Waals surface area contributed by atoms with E-state index in [1.165, 1.54) is 0 Å². The summed E-state index contributed by atoms with van der Waals surface area (Å²) in [6.45, 7) is 5.61. The number of nitrogens with two attached hydrogens (primary N) is 1. The van der Waals surface area contributed by atoms with Gasteiger partial charge in [0.05, 0.1) is 16.8 Å². The van der Waals surface area contributed by atoms with Crippen molar-refractivity contribution in [3.63, 3.8) is 0 Å². The Kier molecular flexibility index (Phi) is 3.58. The van der Waals surface area contributed by atoms with Crippen LogP contribution < -0.4 is 16.2 Å². The summed E-state index contributed by atoms with van der Waals surface area (Å²) in [5, 5.41) is 22.1. The zero-order chi connectivity index (χ0) is 18.6. The zero-order valence-corrected chi connectivity index (χ0v) is 15.2. The highest BCUT2D eigenvalue weighted by molar-refractivity contribution is 5.97. The van der Waals surface area contributed by atoms with E-state index in [1.807, 2.05) is 27.0 Å². The molecule has 4 heterocycles.